The number of nitrogens with zero attached hydrogens (tertiary/aromatic N) is 2. The lowest BCUT2D eigenvalue weighted by molar-refractivity contribution is -0.148. The van der Waals surface area contributed by atoms with Crippen molar-refractivity contribution in [2.45, 2.75) is 32.1 Å². The first-order chi connectivity index (χ1) is 13.1. The molecule has 1 saturated carbocycles. The Morgan fingerprint density at radius 2 is 1.82 bits per heavy atom. The minimum atomic E-state index is -3.66. The number of hydrogen-bond acceptors (Lipinski definition) is 6. The van der Waals surface area contributed by atoms with Gasteiger partial charge in [-0.25, -0.2) is 8.42 Å². The summed E-state index contributed by atoms with van der Waals surface area (Å²) in [5, 5.41) is 2.66. The van der Waals surface area contributed by atoms with Gasteiger partial charge in [0, 0.05) is 27.2 Å². The SMILES string of the molecule is CCN(CC)S(=O)(=O)c1ccc(N(C)C)c(NC(=O)COC(=O)[C@H]2C[C@@H]2C)c1. The molecule has 1 fully saturated rings. The molecule has 1 N–H and O–H groups in total. The number of sulfonamides is 1. The van der Waals surface area contributed by atoms with E-state index in [4.69, 9.17) is 4.74 Å². The summed E-state index contributed by atoms with van der Waals surface area (Å²) < 4.78 is 31.9. The van der Waals surface area contributed by atoms with E-state index in [0.29, 0.717) is 30.4 Å². The topological polar surface area (TPSA) is 96.0 Å². The zero-order valence-electron chi connectivity index (χ0n) is 17.1. The number of nitrogens with one attached hydrogen (secondary N) is 1. The smallest absolute Gasteiger partial charge is 0.309 e. The highest BCUT2D eigenvalue weighted by molar-refractivity contribution is 7.89. The lowest BCUT2D eigenvalue weighted by Crippen LogP contribution is -2.31. The summed E-state index contributed by atoms with van der Waals surface area (Å²) in [6, 6.07) is 4.60. The second-order valence-electron chi connectivity index (χ2n) is 7.14. The first-order valence-corrected chi connectivity index (χ1v) is 10.8. The number of benzene rings is 1. The van der Waals surface area contributed by atoms with Crippen LogP contribution in [-0.2, 0) is 24.3 Å². The van der Waals surface area contributed by atoms with Gasteiger partial charge in [0.25, 0.3) is 5.91 Å². The Morgan fingerprint density at radius 3 is 2.32 bits per heavy atom. The van der Waals surface area contributed by atoms with Crippen molar-refractivity contribution in [1.29, 1.82) is 0 Å². The molecule has 0 aliphatic heterocycles. The van der Waals surface area contributed by atoms with E-state index in [2.05, 4.69) is 5.32 Å². The van der Waals surface area contributed by atoms with Crippen molar-refractivity contribution >= 4 is 33.3 Å². The van der Waals surface area contributed by atoms with Crippen LogP contribution in [0, 0.1) is 11.8 Å². The van der Waals surface area contributed by atoms with Crippen LogP contribution in [0.4, 0.5) is 11.4 Å². The standard InChI is InChI=1S/C19H29N3O5S/c1-6-22(7-2)28(25,26)14-8-9-17(21(4)5)16(11-14)20-18(23)12-27-19(24)15-10-13(15)3/h8-9,11,13,15H,6-7,10,12H2,1-5H3,(H,20,23)/t13-,15-/m0/s1. The molecule has 28 heavy (non-hydrogen) atoms. The van der Waals surface area contributed by atoms with Crippen LogP contribution >= 0.6 is 0 Å². The minimum Gasteiger partial charge on any atom is -0.455 e. The Balaban J connectivity index is 2.19. The number of carbonyl (C=O) groups is 2. The third-order valence-corrected chi connectivity index (χ3v) is 6.87. The van der Waals surface area contributed by atoms with E-state index in [0.717, 1.165) is 6.42 Å². The van der Waals surface area contributed by atoms with Gasteiger partial charge in [0.15, 0.2) is 6.61 Å². The normalized spacial score (nSPS) is 18.6. The molecule has 1 aromatic rings. The third kappa shape index (κ3) is 5.02. The van der Waals surface area contributed by atoms with E-state index in [1.54, 1.807) is 38.9 Å². The van der Waals surface area contributed by atoms with Gasteiger partial charge in [-0.3, -0.25) is 9.59 Å². The average Bonchev–Trinajstić information content (AvgIpc) is 3.37. The molecule has 0 unspecified atom stereocenters. The summed E-state index contributed by atoms with van der Waals surface area (Å²) in [5.41, 5.74) is 0.994. The molecule has 1 aromatic carbocycles. The van der Waals surface area contributed by atoms with E-state index < -0.39 is 22.5 Å². The molecular formula is C19H29N3O5S. The van der Waals surface area contributed by atoms with Crippen molar-refractivity contribution in [3.63, 3.8) is 0 Å². The minimum absolute atomic E-state index is 0.0981. The Labute approximate surface area is 166 Å². The molecule has 8 nitrogen and oxygen atoms in total. The predicted molar refractivity (Wildman–Crippen MR) is 108 cm³/mol. The van der Waals surface area contributed by atoms with Crippen LogP contribution in [0.1, 0.15) is 27.2 Å². The number of rotatable bonds is 9. The van der Waals surface area contributed by atoms with Gasteiger partial charge < -0.3 is 15.0 Å². The van der Waals surface area contributed by atoms with Gasteiger partial charge in [-0.15, -0.1) is 0 Å². The number of ether oxygens (including phenoxy) is 1. The summed E-state index contributed by atoms with van der Waals surface area (Å²) in [6.45, 7) is 5.80. The zero-order valence-corrected chi connectivity index (χ0v) is 17.9. The highest BCUT2D eigenvalue weighted by Gasteiger charge is 2.40. The van der Waals surface area contributed by atoms with Gasteiger partial charge >= 0.3 is 5.97 Å². The molecule has 0 saturated heterocycles. The summed E-state index contributed by atoms with van der Waals surface area (Å²) >= 11 is 0. The van der Waals surface area contributed by atoms with Gasteiger partial charge in [-0.1, -0.05) is 20.8 Å². The Morgan fingerprint density at radius 1 is 1.21 bits per heavy atom. The molecule has 2 atom stereocenters. The average molecular weight is 412 g/mol. The van der Waals surface area contributed by atoms with Crippen LogP contribution in [-0.4, -0.2) is 58.4 Å². The monoisotopic (exact) mass is 411 g/mol. The van der Waals surface area contributed by atoms with Crippen LogP contribution in [0.5, 0.6) is 0 Å². The van der Waals surface area contributed by atoms with Gasteiger partial charge in [-0.2, -0.15) is 4.31 Å². The van der Waals surface area contributed by atoms with E-state index in [-0.39, 0.29) is 16.8 Å². The van der Waals surface area contributed by atoms with Crippen molar-refractivity contribution in [3.05, 3.63) is 18.2 Å². The molecule has 2 rings (SSSR count). The largest absolute Gasteiger partial charge is 0.455 e. The first-order valence-electron chi connectivity index (χ1n) is 9.39. The molecule has 9 heteroatoms. The molecule has 1 aliphatic rings. The van der Waals surface area contributed by atoms with Crippen LogP contribution < -0.4 is 10.2 Å². The van der Waals surface area contributed by atoms with Gasteiger partial charge in [0.05, 0.1) is 22.2 Å². The van der Waals surface area contributed by atoms with Crippen LogP contribution in [0.25, 0.3) is 0 Å². The molecular weight excluding hydrogens is 382 g/mol. The second-order valence-corrected chi connectivity index (χ2v) is 9.08. The van der Waals surface area contributed by atoms with Crippen molar-refractivity contribution < 1.29 is 22.7 Å². The third-order valence-electron chi connectivity index (χ3n) is 4.82. The molecule has 0 radical (unpaired) electrons. The molecule has 0 heterocycles. The van der Waals surface area contributed by atoms with E-state index >= 15 is 0 Å². The molecule has 1 amide bonds. The van der Waals surface area contributed by atoms with Crippen LogP contribution in [0.15, 0.2) is 23.1 Å². The Bertz CT molecular complexity index is 834. The highest BCUT2D eigenvalue weighted by atomic mass is 32.2. The van der Waals surface area contributed by atoms with Crippen molar-refractivity contribution in [3.8, 4) is 0 Å². The van der Waals surface area contributed by atoms with Crippen molar-refractivity contribution in [2.24, 2.45) is 11.8 Å². The fraction of sp³-hybridized carbons (Fsp3) is 0.579. The lowest BCUT2D eigenvalue weighted by atomic mass is 10.2. The maximum Gasteiger partial charge on any atom is 0.309 e. The van der Waals surface area contributed by atoms with E-state index in [1.165, 1.54) is 16.4 Å². The lowest BCUT2D eigenvalue weighted by Gasteiger charge is -2.22. The number of hydrogen-bond donors (Lipinski definition) is 1. The highest BCUT2D eigenvalue weighted by Crippen LogP contribution is 2.38. The van der Waals surface area contributed by atoms with Crippen molar-refractivity contribution in [1.82, 2.24) is 4.31 Å². The van der Waals surface area contributed by atoms with Crippen LogP contribution in [0.3, 0.4) is 0 Å². The Kier molecular flexibility index (Phi) is 7.06. The predicted octanol–water partition coefficient (Wildman–Crippen LogP) is 1.92. The number of carbonyl (C=O) groups excluding carboxylic acids is 2. The second kappa shape index (κ2) is 8.91. The fourth-order valence-corrected chi connectivity index (χ4v) is 4.44. The first kappa shape index (κ1) is 22.2. The molecule has 0 aromatic heterocycles. The van der Waals surface area contributed by atoms with Crippen LogP contribution in [0.2, 0.25) is 0 Å². The van der Waals surface area contributed by atoms with E-state index in [9.17, 15) is 18.0 Å². The number of amides is 1. The number of anilines is 2. The maximum absolute atomic E-state index is 12.8. The number of esters is 1. The quantitative estimate of drug-likeness (QED) is 0.624. The molecule has 156 valence electrons. The summed E-state index contributed by atoms with van der Waals surface area (Å²) in [4.78, 5) is 25.9. The van der Waals surface area contributed by atoms with E-state index in [1.807, 2.05) is 6.92 Å². The maximum atomic E-state index is 12.8. The molecule has 0 spiro atoms. The van der Waals surface area contributed by atoms with Gasteiger partial charge in [0.1, 0.15) is 0 Å². The molecule has 0 bridgehead atoms. The summed E-state index contributed by atoms with van der Waals surface area (Å²) in [7, 11) is -0.0792. The fourth-order valence-electron chi connectivity index (χ4n) is 2.96. The Hall–Kier alpha value is -2.13. The molecule has 1 aliphatic carbocycles. The van der Waals surface area contributed by atoms with Gasteiger partial charge in [0.2, 0.25) is 10.0 Å². The van der Waals surface area contributed by atoms with Crippen molar-refractivity contribution in [2.75, 3.05) is 44.0 Å². The van der Waals surface area contributed by atoms with Gasteiger partial charge in [-0.05, 0) is 30.5 Å². The summed E-state index contributed by atoms with van der Waals surface area (Å²) in [6.07, 6.45) is 0.788. The summed E-state index contributed by atoms with van der Waals surface area (Å²) in [5.74, 6) is -0.693. The zero-order chi connectivity index (χ0) is 21.1.